The number of likely N-dealkylation sites (N-methyl/N-ethyl adjacent to an activating group) is 2. The van der Waals surface area contributed by atoms with Crippen LogP contribution < -0.4 is 10.6 Å². The smallest absolute Gasteiger partial charge is 0.323 e. The van der Waals surface area contributed by atoms with E-state index in [1.807, 2.05) is 37.9 Å². The number of nitrogens with one attached hydrogen (secondary N) is 2. The highest BCUT2D eigenvalue weighted by Crippen LogP contribution is 2.21. The van der Waals surface area contributed by atoms with Crippen molar-refractivity contribution < 1.29 is 14.0 Å². The Morgan fingerprint density at radius 3 is 2.41 bits per heavy atom. The van der Waals surface area contributed by atoms with Gasteiger partial charge in [-0.3, -0.25) is 9.88 Å². The van der Waals surface area contributed by atoms with Gasteiger partial charge in [-0.05, 0) is 39.2 Å². The van der Waals surface area contributed by atoms with Crippen LogP contribution in [0.1, 0.15) is 11.3 Å². The summed E-state index contributed by atoms with van der Waals surface area (Å²) >= 11 is 0. The zero-order valence-electron chi connectivity index (χ0n) is 20.3. The number of aromatic nitrogens is 1. The molecule has 0 radical (unpaired) electrons. The van der Waals surface area contributed by atoms with Crippen molar-refractivity contribution >= 4 is 23.4 Å². The first-order valence-electron chi connectivity index (χ1n) is 11.4. The second-order valence-corrected chi connectivity index (χ2v) is 8.82. The van der Waals surface area contributed by atoms with Gasteiger partial charge in [0, 0.05) is 64.1 Å². The first-order valence-corrected chi connectivity index (χ1v) is 11.4. The number of halogens is 1. The summed E-state index contributed by atoms with van der Waals surface area (Å²) < 4.78 is 15.1. The van der Waals surface area contributed by atoms with E-state index in [-0.39, 0.29) is 11.7 Å². The number of hydrogen-bond donors (Lipinski definition) is 2. The van der Waals surface area contributed by atoms with Gasteiger partial charge in [0.2, 0.25) is 0 Å². The number of anilines is 2. The molecule has 4 amide bonds. The molecule has 9 nitrogen and oxygen atoms in total. The van der Waals surface area contributed by atoms with Crippen LogP contribution in [0.2, 0.25) is 0 Å². The summed E-state index contributed by atoms with van der Waals surface area (Å²) in [6, 6.07) is 7.98. The highest BCUT2D eigenvalue weighted by atomic mass is 19.1. The van der Waals surface area contributed by atoms with Gasteiger partial charge in [-0.1, -0.05) is 12.1 Å². The van der Waals surface area contributed by atoms with Crippen molar-refractivity contribution in [3.8, 4) is 0 Å². The molecule has 1 saturated heterocycles. The average Bonchev–Trinajstić information content (AvgIpc) is 2.81. The molecule has 1 aromatic heterocycles. The molecule has 0 saturated carbocycles. The molecule has 1 aliphatic rings. The normalized spacial score (nSPS) is 14.2. The van der Waals surface area contributed by atoms with Gasteiger partial charge in [-0.2, -0.15) is 0 Å². The van der Waals surface area contributed by atoms with Gasteiger partial charge in [0.1, 0.15) is 0 Å². The summed E-state index contributed by atoms with van der Waals surface area (Å²) in [6.45, 7) is 6.25. The largest absolute Gasteiger partial charge is 0.326 e. The minimum absolute atomic E-state index is 0.0219. The fourth-order valence-electron chi connectivity index (χ4n) is 3.65. The molecule has 2 N–H and O–H groups in total. The molecular weight excluding hydrogens is 437 g/mol. The zero-order valence-corrected chi connectivity index (χ0v) is 20.3. The third kappa shape index (κ3) is 7.13. The van der Waals surface area contributed by atoms with Crippen molar-refractivity contribution in [1.82, 2.24) is 24.6 Å². The number of pyridine rings is 1. The van der Waals surface area contributed by atoms with Gasteiger partial charge >= 0.3 is 12.1 Å². The zero-order chi connectivity index (χ0) is 24.7. The van der Waals surface area contributed by atoms with Crippen LogP contribution in [0.25, 0.3) is 0 Å². The van der Waals surface area contributed by atoms with Crippen molar-refractivity contribution in [2.24, 2.45) is 0 Å². The molecule has 184 valence electrons. The van der Waals surface area contributed by atoms with E-state index >= 15 is 4.39 Å². The van der Waals surface area contributed by atoms with Gasteiger partial charge < -0.3 is 25.3 Å². The van der Waals surface area contributed by atoms with Gasteiger partial charge in [0.25, 0.3) is 0 Å². The Balaban J connectivity index is 1.52. The van der Waals surface area contributed by atoms with E-state index in [0.29, 0.717) is 50.5 Å². The van der Waals surface area contributed by atoms with E-state index < -0.39 is 11.8 Å². The summed E-state index contributed by atoms with van der Waals surface area (Å²) in [5.41, 5.74) is 1.98. The lowest BCUT2D eigenvalue weighted by atomic mass is 10.1. The molecule has 0 bridgehead atoms. The van der Waals surface area contributed by atoms with Crippen molar-refractivity contribution in [2.75, 3.05) is 71.0 Å². The quantitative estimate of drug-likeness (QED) is 0.649. The topological polar surface area (TPSA) is 84.0 Å². The summed E-state index contributed by atoms with van der Waals surface area (Å²) in [7, 11) is 5.78. The lowest BCUT2D eigenvalue weighted by Crippen LogP contribution is -2.52. The van der Waals surface area contributed by atoms with Crippen molar-refractivity contribution in [2.45, 2.75) is 13.5 Å². The van der Waals surface area contributed by atoms with Crippen LogP contribution >= 0.6 is 0 Å². The molecule has 10 heteroatoms. The Hall–Kier alpha value is -3.24. The summed E-state index contributed by atoms with van der Waals surface area (Å²) in [5.74, 6) is -0.457. The van der Waals surface area contributed by atoms with E-state index in [4.69, 9.17) is 0 Å². The number of rotatable bonds is 7. The molecule has 2 heterocycles. The second-order valence-electron chi connectivity index (χ2n) is 8.82. The number of urea groups is 2. The van der Waals surface area contributed by atoms with Crippen LogP contribution in [0.5, 0.6) is 0 Å². The number of benzene rings is 1. The van der Waals surface area contributed by atoms with Crippen LogP contribution in [-0.4, -0.2) is 97.1 Å². The van der Waals surface area contributed by atoms with Crippen LogP contribution in [0, 0.1) is 12.7 Å². The predicted molar refractivity (Wildman–Crippen MR) is 131 cm³/mol. The second kappa shape index (κ2) is 11.8. The fraction of sp³-hybridized carbons (Fsp3) is 0.458. The fourth-order valence-corrected chi connectivity index (χ4v) is 3.65. The first kappa shape index (κ1) is 25.4. The molecule has 34 heavy (non-hydrogen) atoms. The SMILES string of the molecule is Cc1ccc(NC(=O)Nc2cccc(CN3CCN(C(=O)N(C)CCN(C)C)CC3)c2F)cn1. The van der Waals surface area contributed by atoms with Crippen LogP contribution in [0.4, 0.5) is 25.4 Å². The van der Waals surface area contributed by atoms with E-state index in [1.165, 1.54) is 6.07 Å². The van der Waals surface area contributed by atoms with Crippen molar-refractivity contribution in [3.63, 3.8) is 0 Å². The highest BCUT2D eigenvalue weighted by Gasteiger charge is 2.24. The van der Waals surface area contributed by atoms with Crippen LogP contribution in [-0.2, 0) is 6.54 Å². The third-order valence-corrected chi connectivity index (χ3v) is 5.74. The maximum Gasteiger partial charge on any atom is 0.323 e. The Morgan fingerprint density at radius 1 is 1.03 bits per heavy atom. The molecule has 0 unspecified atom stereocenters. The lowest BCUT2D eigenvalue weighted by molar-refractivity contribution is 0.113. The third-order valence-electron chi connectivity index (χ3n) is 5.74. The molecule has 1 aromatic carbocycles. The maximum absolute atomic E-state index is 15.1. The van der Waals surface area contributed by atoms with Gasteiger partial charge in [0.05, 0.1) is 17.6 Å². The van der Waals surface area contributed by atoms with Crippen LogP contribution in [0.3, 0.4) is 0 Å². The Labute approximate surface area is 200 Å². The summed E-state index contributed by atoms with van der Waals surface area (Å²) in [6.07, 6.45) is 1.55. The Morgan fingerprint density at radius 2 is 1.76 bits per heavy atom. The van der Waals surface area contributed by atoms with Gasteiger partial charge in [-0.15, -0.1) is 0 Å². The summed E-state index contributed by atoms with van der Waals surface area (Å²) in [5, 5.41) is 5.22. The minimum Gasteiger partial charge on any atom is -0.326 e. The van der Waals surface area contributed by atoms with E-state index in [1.54, 1.807) is 35.4 Å². The van der Waals surface area contributed by atoms with Crippen molar-refractivity contribution in [1.29, 1.82) is 0 Å². The lowest BCUT2D eigenvalue weighted by Gasteiger charge is -2.37. The molecule has 1 fully saturated rings. The number of nitrogens with zero attached hydrogens (tertiary/aromatic N) is 5. The molecule has 0 aliphatic carbocycles. The monoisotopic (exact) mass is 471 g/mol. The Kier molecular flexibility index (Phi) is 8.78. The average molecular weight is 472 g/mol. The van der Waals surface area contributed by atoms with Gasteiger partial charge in [-0.25, -0.2) is 14.0 Å². The minimum atomic E-state index is -0.535. The molecule has 0 spiro atoms. The number of piperazine rings is 1. The summed E-state index contributed by atoms with van der Waals surface area (Å²) in [4.78, 5) is 36.8. The number of aryl methyl sites for hydroxylation is 1. The number of amides is 4. The standard InChI is InChI=1S/C24H34FN7O2/c1-18-8-9-20(16-26-18)27-23(33)28-21-7-5-6-19(22(21)25)17-31-12-14-32(15-13-31)24(34)30(4)11-10-29(2)3/h5-9,16H,10-15,17H2,1-4H3,(H2,27,28,33). The predicted octanol–water partition coefficient (Wildman–Crippen LogP) is 2.90. The number of carbonyl (C=O) groups is 2. The van der Waals surface area contributed by atoms with Gasteiger partial charge in [0.15, 0.2) is 5.82 Å². The van der Waals surface area contributed by atoms with E-state index in [0.717, 1.165) is 12.2 Å². The number of carbonyl (C=O) groups excluding carboxylic acids is 2. The Bertz CT molecular complexity index is 976. The van der Waals surface area contributed by atoms with E-state index in [2.05, 4.69) is 20.5 Å². The van der Waals surface area contributed by atoms with Crippen LogP contribution in [0.15, 0.2) is 36.5 Å². The molecule has 3 rings (SSSR count). The molecule has 1 aliphatic heterocycles. The first-order chi connectivity index (χ1) is 16.2. The molecule has 0 atom stereocenters. The molecular formula is C24H34FN7O2. The number of hydrogen-bond acceptors (Lipinski definition) is 5. The van der Waals surface area contributed by atoms with Crippen molar-refractivity contribution in [3.05, 3.63) is 53.6 Å². The maximum atomic E-state index is 15.1. The molecule has 2 aromatic rings. The highest BCUT2D eigenvalue weighted by molar-refractivity contribution is 5.99. The van der Waals surface area contributed by atoms with E-state index in [9.17, 15) is 9.59 Å².